The summed E-state index contributed by atoms with van der Waals surface area (Å²) >= 11 is 0. The van der Waals surface area contributed by atoms with Gasteiger partial charge in [0, 0.05) is 11.1 Å². The molecular formula is C31H24N4O6. The molecule has 0 heterocycles. The maximum absolute atomic E-state index is 12.4. The summed E-state index contributed by atoms with van der Waals surface area (Å²) in [5.74, 6) is -1.95. The number of ether oxygens (including phenoxy) is 2. The number of esters is 2. The molecule has 0 saturated heterocycles. The average molecular weight is 549 g/mol. The van der Waals surface area contributed by atoms with Crippen LogP contribution in [-0.4, -0.2) is 36.2 Å². The largest absolute Gasteiger partial charge is 0.422 e. The number of amides is 2. The van der Waals surface area contributed by atoms with Gasteiger partial charge in [-0.25, -0.2) is 20.4 Å². The van der Waals surface area contributed by atoms with Gasteiger partial charge in [-0.3, -0.25) is 9.59 Å². The molecule has 41 heavy (non-hydrogen) atoms. The molecule has 0 fully saturated rings. The number of hydrogen-bond acceptors (Lipinski definition) is 8. The van der Waals surface area contributed by atoms with Crippen molar-refractivity contribution >= 4 is 36.2 Å². The van der Waals surface area contributed by atoms with Crippen LogP contribution in [0.3, 0.4) is 0 Å². The maximum atomic E-state index is 12.4. The molecule has 0 aromatic heterocycles. The molecule has 0 saturated carbocycles. The zero-order valence-electron chi connectivity index (χ0n) is 21.6. The van der Waals surface area contributed by atoms with Crippen LogP contribution in [0.15, 0.2) is 119 Å². The Hall–Kier alpha value is -5.90. The van der Waals surface area contributed by atoms with Crippen LogP contribution < -0.4 is 20.3 Å². The van der Waals surface area contributed by atoms with Gasteiger partial charge in [0.2, 0.25) is 11.8 Å². The van der Waals surface area contributed by atoms with Crippen LogP contribution in [0.4, 0.5) is 0 Å². The minimum absolute atomic E-state index is 0.251. The predicted octanol–water partition coefficient (Wildman–Crippen LogP) is 4.12. The number of para-hydroxylation sites is 2. The number of hydrazone groups is 2. The van der Waals surface area contributed by atoms with Gasteiger partial charge in [-0.05, 0) is 48.5 Å². The fraction of sp³-hybridized carbons (Fsp3) is 0.0323. The Morgan fingerprint density at radius 2 is 0.902 bits per heavy atom. The molecule has 10 heteroatoms. The molecule has 2 amide bonds. The molecule has 4 rings (SSSR count). The Balaban J connectivity index is 1.27. The molecule has 4 aromatic carbocycles. The molecule has 0 atom stereocenters. The standard InChI is InChI=1S/C31H24N4O6/c36-28(34-32-20-24-15-7-9-17-26(24)40-30(38)22-11-3-1-4-12-22)19-29(37)35-33-21-25-16-8-10-18-27(25)41-31(39)23-13-5-2-6-14-23/h1-18,20-21H,19H2,(H,34,36)(H,35,37)/b32-20-,33-21-. The fourth-order valence-corrected chi connectivity index (χ4v) is 3.40. The Bertz CT molecular complexity index is 1470. The lowest BCUT2D eigenvalue weighted by Gasteiger charge is -2.07. The highest BCUT2D eigenvalue weighted by molar-refractivity contribution is 5.98. The van der Waals surface area contributed by atoms with E-state index >= 15 is 0 Å². The molecule has 2 N–H and O–H groups in total. The van der Waals surface area contributed by atoms with Gasteiger partial charge < -0.3 is 9.47 Å². The molecule has 0 bridgehead atoms. The van der Waals surface area contributed by atoms with Crippen LogP contribution in [0.2, 0.25) is 0 Å². The number of hydrogen-bond donors (Lipinski definition) is 2. The van der Waals surface area contributed by atoms with Crippen LogP contribution in [0.1, 0.15) is 38.3 Å². The van der Waals surface area contributed by atoms with Crippen LogP contribution in [0, 0.1) is 0 Å². The SMILES string of the molecule is O=C(CC(=O)N/N=C\c1ccccc1OC(=O)c1ccccc1)N/N=C\c1ccccc1OC(=O)c1ccccc1. The second-order valence-electron chi connectivity index (χ2n) is 8.35. The van der Waals surface area contributed by atoms with E-state index in [-0.39, 0.29) is 11.5 Å². The summed E-state index contributed by atoms with van der Waals surface area (Å²) in [6.45, 7) is 0. The minimum atomic E-state index is -0.690. The Kier molecular flexibility index (Phi) is 9.81. The summed E-state index contributed by atoms with van der Waals surface area (Å²) in [5, 5.41) is 7.69. The minimum Gasteiger partial charge on any atom is -0.422 e. The van der Waals surface area contributed by atoms with E-state index in [1.165, 1.54) is 12.4 Å². The highest BCUT2D eigenvalue weighted by Crippen LogP contribution is 2.19. The number of rotatable bonds is 10. The smallest absolute Gasteiger partial charge is 0.343 e. The molecule has 0 radical (unpaired) electrons. The lowest BCUT2D eigenvalue weighted by Crippen LogP contribution is -2.27. The van der Waals surface area contributed by atoms with Crippen molar-refractivity contribution in [3.63, 3.8) is 0 Å². The zero-order valence-corrected chi connectivity index (χ0v) is 21.6. The number of nitrogens with zero attached hydrogens (tertiary/aromatic N) is 2. The van der Waals surface area contributed by atoms with E-state index in [1.807, 2.05) is 0 Å². The van der Waals surface area contributed by atoms with Gasteiger partial charge in [0.1, 0.15) is 17.9 Å². The van der Waals surface area contributed by atoms with Crippen LogP contribution >= 0.6 is 0 Å². The molecule has 0 spiro atoms. The van der Waals surface area contributed by atoms with Gasteiger partial charge in [-0.1, -0.05) is 60.7 Å². The lowest BCUT2D eigenvalue weighted by atomic mass is 10.2. The zero-order chi connectivity index (χ0) is 28.9. The van der Waals surface area contributed by atoms with Crippen molar-refractivity contribution < 1.29 is 28.7 Å². The molecule has 0 aliphatic rings. The maximum Gasteiger partial charge on any atom is 0.343 e. The van der Waals surface area contributed by atoms with Crippen LogP contribution in [-0.2, 0) is 9.59 Å². The Morgan fingerprint density at radius 1 is 0.537 bits per heavy atom. The summed E-state index contributed by atoms with van der Waals surface area (Å²) in [6, 6.07) is 30.3. The van der Waals surface area contributed by atoms with Crippen LogP contribution in [0.5, 0.6) is 11.5 Å². The predicted molar refractivity (Wildman–Crippen MR) is 152 cm³/mol. The topological polar surface area (TPSA) is 136 Å². The molecule has 4 aromatic rings. The van der Waals surface area contributed by atoms with E-state index in [0.29, 0.717) is 22.3 Å². The third-order valence-electron chi connectivity index (χ3n) is 5.37. The van der Waals surface area contributed by atoms with E-state index in [2.05, 4.69) is 21.1 Å². The first kappa shape index (κ1) is 28.1. The molecular weight excluding hydrogens is 524 g/mol. The van der Waals surface area contributed by atoms with Crippen molar-refractivity contribution in [2.24, 2.45) is 10.2 Å². The summed E-state index contributed by atoms with van der Waals surface area (Å²) < 4.78 is 10.9. The summed E-state index contributed by atoms with van der Waals surface area (Å²) in [7, 11) is 0. The average Bonchev–Trinajstić information content (AvgIpc) is 2.99. The third-order valence-corrected chi connectivity index (χ3v) is 5.37. The van der Waals surface area contributed by atoms with Gasteiger partial charge in [-0.2, -0.15) is 10.2 Å². The number of nitrogens with one attached hydrogen (secondary N) is 2. The highest BCUT2D eigenvalue weighted by Gasteiger charge is 2.12. The number of carbonyl (C=O) groups is 4. The van der Waals surface area contributed by atoms with E-state index in [1.54, 1.807) is 109 Å². The van der Waals surface area contributed by atoms with Crippen molar-refractivity contribution in [2.75, 3.05) is 0 Å². The molecule has 0 unspecified atom stereocenters. The van der Waals surface area contributed by atoms with Gasteiger partial charge in [0.25, 0.3) is 0 Å². The molecule has 204 valence electrons. The number of benzene rings is 4. The third kappa shape index (κ3) is 8.55. The number of carbonyl (C=O) groups excluding carboxylic acids is 4. The molecule has 10 nitrogen and oxygen atoms in total. The monoisotopic (exact) mass is 548 g/mol. The normalized spacial score (nSPS) is 10.7. The van der Waals surface area contributed by atoms with Crippen molar-refractivity contribution in [3.05, 3.63) is 131 Å². The van der Waals surface area contributed by atoms with Gasteiger partial charge >= 0.3 is 11.9 Å². The first-order valence-corrected chi connectivity index (χ1v) is 12.4. The van der Waals surface area contributed by atoms with Crippen LogP contribution in [0.25, 0.3) is 0 Å². The second-order valence-corrected chi connectivity index (χ2v) is 8.35. The fourth-order valence-electron chi connectivity index (χ4n) is 3.40. The quantitative estimate of drug-likeness (QED) is 0.101. The summed E-state index contributed by atoms with van der Waals surface area (Å²) in [5.41, 5.74) is 6.16. The van der Waals surface area contributed by atoms with Gasteiger partial charge in [0.05, 0.1) is 23.6 Å². The second kappa shape index (κ2) is 14.3. The lowest BCUT2D eigenvalue weighted by molar-refractivity contribution is -0.129. The van der Waals surface area contributed by atoms with E-state index in [4.69, 9.17) is 9.47 Å². The van der Waals surface area contributed by atoms with Gasteiger partial charge in [-0.15, -0.1) is 0 Å². The molecule has 0 aliphatic carbocycles. The first-order chi connectivity index (χ1) is 20.0. The van der Waals surface area contributed by atoms with Crippen molar-refractivity contribution in [1.82, 2.24) is 10.9 Å². The first-order valence-electron chi connectivity index (χ1n) is 12.4. The van der Waals surface area contributed by atoms with Gasteiger partial charge in [0.15, 0.2) is 0 Å². The van der Waals surface area contributed by atoms with E-state index < -0.39 is 30.2 Å². The van der Waals surface area contributed by atoms with Crippen molar-refractivity contribution in [2.45, 2.75) is 6.42 Å². The van der Waals surface area contributed by atoms with E-state index in [0.717, 1.165) is 0 Å². The van der Waals surface area contributed by atoms with Crippen molar-refractivity contribution in [3.8, 4) is 11.5 Å². The van der Waals surface area contributed by atoms with E-state index in [9.17, 15) is 19.2 Å². The van der Waals surface area contributed by atoms with Crippen molar-refractivity contribution in [1.29, 1.82) is 0 Å². The Morgan fingerprint density at radius 3 is 1.32 bits per heavy atom. The summed E-state index contributed by atoms with van der Waals surface area (Å²) in [4.78, 5) is 49.0. The highest BCUT2D eigenvalue weighted by atomic mass is 16.5. The molecule has 0 aliphatic heterocycles. The summed E-state index contributed by atoms with van der Waals surface area (Å²) in [6.07, 6.45) is 2.05. The Labute approximate surface area is 235 Å².